The molecule has 1 aromatic rings. The highest BCUT2D eigenvalue weighted by Crippen LogP contribution is 2.29. The summed E-state index contributed by atoms with van der Waals surface area (Å²) in [5, 5.41) is 0. The predicted molar refractivity (Wildman–Crippen MR) is 95.1 cm³/mol. The lowest BCUT2D eigenvalue weighted by molar-refractivity contribution is -0.127. The first-order valence-electron chi connectivity index (χ1n) is 8.56. The molecule has 134 valence electrons. The molecular weight excluding hydrogens is 343 g/mol. The Bertz CT molecular complexity index is 641. The Morgan fingerprint density at radius 3 is 2.44 bits per heavy atom. The van der Waals surface area contributed by atoms with Crippen LogP contribution in [0.4, 0.5) is 14.9 Å². The largest absolute Gasteiger partial charge is 0.369 e. The first-order valence-corrected chi connectivity index (χ1v) is 9.71. The minimum Gasteiger partial charge on any atom is -0.369 e. The summed E-state index contributed by atoms with van der Waals surface area (Å²) in [6.45, 7) is 4.64. The highest BCUT2D eigenvalue weighted by molar-refractivity contribution is 7.99. The van der Waals surface area contributed by atoms with E-state index in [1.54, 1.807) is 28.8 Å². The van der Waals surface area contributed by atoms with Crippen molar-refractivity contribution in [3.63, 3.8) is 0 Å². The monoisotopic (exact) mass is 364 g/mol. The van der Waals surface area contributed by atoms with E-state index in [-0.39, 0.29) is 23.8 Å². The second kappa shape index (κ2) is 6.84. The summed E-state index contributed by atoms with van der Waals surface area (Å²) in [4.78, 5) is 32.2. The molecule has 0 saturated carbocycles. The lowest BCUT2D eigenvalue weighted by Crippen LogP contribution is -2.49. The maximum atomic E-state index is 13.0. The molecule has 3 amide bonds. The van der Waals surface area contributed by atoms with E-state index in [1.807, 2.05) is 0 Å². The number of benzene rings is 1. The van der Waals surface area contributed by atoms with Crippen molar-refractivity contribution in [1.82, 2.24) is 14.7 Å². The summed E-state index contributed by atoms with van der Waals surface area (Å²) < 4.78 is 13.0. The smallest absolute Gasteiger partial charge is 0.328 e. The van der Waals surface area contributed by atoms with E-state index in [0.29, 0.717) is 19.0 Å². The van der Waals surface area contributed by atoms with Gasteiger partial charge in [-0.2, -0.15) is 0 Å². The molecule has 8 heteroatoms. The number of piperazine rings is 1. The van der Waals surface area contributed by atoms with Gasteiger partial charge in [-0.3, -0.25) is 14.6 Å². The van der Waals surface area contributed by atoms with Crippen molar-refractivity contribution < 1.29 is 14.0 Å². The van der Waals surface area contributed by atoms with Crippen LogP contribution in [0.5, 0.6) is 0 Å². The fourth-order valence-electron chi connectivity index (χ4n) is 3.59. The average molecular weight is 364 g/mol. The summed E-state index contributed by atoms with van der Waals surface area (Å²) in [7, 11) is 0. The van der Waals surface area contributed by atoms with Crippen molar-refractivity contribution in [3.05, 3.63) is 30.1 Å². The van der Waals surface area contributed by atoms with Crippen LogP contribution in [-0.4, -0.2) is 83.6 Å². The number of hydrogen-bond acceptors (Lipinski definition) is 5. The number of halogens is 1. The average Bonchev–Trinajstić information content (AvgIpc) is 3.19. The van der Waals surface area contributed by atoms with Crippen LogP contribution in [0.2, 0.25) is 0 Å². The number of amides is 3. The highest BCUT2D eigenvalue weighted by atomic mass is 32.2. The van der Waals surface area contributed by atoms with Gasteiger partial charge in [0, 0.05) is 50.7 Å². The van der Waals surface area contributed by atoms with Crippen molar-refractivity contribution in [2.45, 2.75) is 6.04 Å². The molecule has 0 N–H and O–H groups in total. The standard InChI is InChI=1S/C17H21FN4O2S/c18-13-1-3-14(4-2-13)20-8-5-19(6-9-20)7-10-21-16(23)15-11-25-12-22(15)17(21)24/h1-4,15H,5-12H2. The molecule has 3 aliphatic heterocycles. The van der Waals surface area contributed by atoms with Gasteiger partial charge in [0.1, 0.15) is 11.9 Å². The van der Waals surface area contributed by atoms with Crippen LogP contribution in [0, 0.1) is 5.82 Å². The fourth-order valence-corrected chi connectivity index (χ4v) is 4.73. The maximum Gasteiger partial charge on any atom is 0.328 e. The Balaban J connectivity index is 1.27. The Labute approximate surface area is 150 Å². The molecule has 3 heterocycles. The van der Waals surface area contributed by atoms with Gasteiger partial charge in [0.05, 0.1) is 5.88 Å². The van der Waals surface area contributed by atoms with Gasteiger partial charge in [0.2, 0.25) is 0 Å². The number of hydrogen-bond donors (Lipinski definition) is 0. The number of fused-ring (bicyclic) bond motifs is 1. The number of urea groups is 1. The summed E-state index contributed by atoms with van der Waals surface area (Å²) in [5.41, 5.74) is 1.03. The van der Waals surface area contributed by atoms with E-state index in [9.17, 15) is 14.0 Å². The first-order chi connectivity index (χ1) is 12.1. The molecule has 0 bridgehead atoms. The molecule has 25 heavy (non-hydrogen) atoms. The maximum absolute atomic E-state index is 13.0. The summed E-state index contributed by atoms with van der Waals surface area (Å²) >= 11 is 1.64. The molecule has 6 nitrogen and oxygen atoms in total. The van der Waals surface area contributed by atoms with Crippen LogP contribution >= 0.6 is 11.8 Å². The molecular formula is C17H21FN4O2S. The molecule has 1 atom stereocenters. The second-order valence-electron chi connectivity index (χ2n) is 6.56. The zero-order valence-electron chi connectivity index (χ0n) is 13.9. The second-order valence-corrected chi connectivity index (χ2v) is 7.56. The Kier molecular flexibility index (Phi) is 4.56. The lowest BCUT2D eigenvalue weighted by Gasteiger charge is -2.36. The molecule has 4 rings (SSSR count). The summed E-state index contributed by atoms with van der Waals surface area (Å²) in [6.07, 6.45) is 0. The van der Waals surface area contributed by atoms with Gasteiger partial charge >= 0.3 is 6.03 Å². The van der Waals surface area contributed by atoms with Gasteiger partial charge in [-0.25, -0.2) is 9.18 Å². The topological polar surface area (TPSA) is 47.1 Å². The van der Waals surface area contributed by atoms with E-state index in [1.165, 1.54) is 17.0 Å². The molecule has 3 fully saturated rings. The zero-order valence-corrected chi connectivity index (χ0v) is 14.8. The summed E-state index contributed by atoms with van der Waals surface area (Å²) in [5.74, 6) is 1.08. The van der Waals surface area contributed by atoms with Gasteiger partial charge in [-0.1, -0.05) is 0 Å². The molecule has 0 spiro atoms. The van der Waals surface area contributed by atoms with Crippen LogP contribution in [0.25, 0.3) is 0 Å². The van der Waals surface area contributed by atoms with Crippen molar-refractivity contribution in [3.8, 4) is 0 Å². The SMILES string of the molecule is O=C1C2CSCN2C(=O)N1CCN1CCN(c2ccc(F)cc2)CC1. The number of carbonyl (C=O) groups is 2. The molecule has 0 radical (unpaired) electrons. The van der Waals surface area contributed by atoms with E-state index >= 15 is 0 Å². The van der Waals surface area contributed by atoms with Crippen LogP contribution in [0.1, 0.15) is 0 Å². The van der Waals surface area contributed by atoms with Crippen LogP contribution < -0.4 is 4.90 Å². The molecule has 0 aromatic heterocycles. The van der Waals surface area contributed by atoms with Gasteiger partial charge in [0.15, 0.2) is 0 Å². The highest BCUT2D eigenvalue weighted by Gasteiger charge is 2.47. The Hall–Kier alpha value is -1.80. The summed E-state index contributed by atoms with van der Waals surface area (Å²) in [6, 6.07) is 6.20. The third-order valence-corrected chi connectivity index (χ3v) is 6.13. The molecule has 3 aliphatic rings. The first kappa shape index (κ1) is 16.7. The predicted octanol–water partition coefficient (Wildman–Crippen LogP) is 1.28. The lowest BCUT2D eigenvalue weighted by atomic mass is 10.2. The minimum absolute atomic E-state index is 0.0417. The number of carbonyl (C=O) groups excluding carboxylic acids is 2. The van der Waals surface area contributed by atoms with E-state index in [2.05, 4.69) is 9.80 Å². The van der Waals surface area contributed by atoms with Gasteiger partial charge < -0.3 is 9.80 Å². The third-order valence-electron chi connectivity index (χ3n) is 5.11. The van der Waals surface area contributed by atoms with E-state index < -0.39 is 0 Å². The van der Waals surface area contributed by atoms with Crippen molar-refractivity contribution in [2.24, 2.45) is 0 Å². The normalized spacial score (nSPS) is 24.4. The molecule has 1 aromatic carbocycles. The quantitative estimate of drug-likeness (QED) is 0.754. The third kappa shape index (κ3) is 3.20. The number of nitrogens with zero attached hydrogens (tertiary/aromatic N) is 4. The number of anilines is 1. The number of thioether (sulfide) groups is 1. The van der Waals surface area contributed by atoms with Crippen LogP contribution in [0.15, 0.2) is 24.3 Å². The van der Waals surface area contributed by atoms with Crippen molar-refractivity contribution in [1.29, 1.82) is 0 Å². The number of rotatable bonds is 4. The zero-order chi connectivity index (χ0) is 17.4. The van der Waals surface area contributed by atoms with E-state index in [4.69, 9.17) is 0 Å². The molecule has 1 unspecified atom stereocenters. The number of imide groups is 1. The Morgan fingerprint density at radius 2 is 1.76 bits per heavy atom. The van der Waals surface area contributed by atoms with E-state index in [0.717, 1.165) is 37.6 Å². The Morgan fingerprint density at radius 1 is 1.04 bits per heavy atom. The fraction of sp³-hybridized carbons (Fsp3) is 0.529. The van der Waals surface area contributed by atoms with Gasteiger partial charge in [0.25, 0.3) is 5.91 Å². The molecule has 0 aliphatic carbocycles. The van der Waals surface area contributed by atoms with Gasteiger partial charge in [-0.15, -0.1) is 11.8 Å². The van der Waals surface area contributed by atoms with Crippen molar-refractivity contribution in [2.75, 3.05) is 55.8 Å². The molecule has 3 saturated heterocycles. The van der Waals surface area contributed by atoms with Crippen molar-refractivity contribution >= 4 is 29.4 Å². The van der Waals surface area contributed by atoms with Crippen LogP contribution in [0.3, 0.4) is 0 Å². The van der Waals surface area contributed by atoms with Gasteiger partial charge in [-0.05, 0) is 24.3 Å². The minimum atomic E-state index is -0.243. The van der Waals surface area contributed by atoms with Crippen LogP contribution in [-0.2, 0) is 4.79 Å².